The lowest BCUT2D eigenvalue weighted by Gasteiger charge is -2.21. The van der Waals surface area contributed by atoms with Crippen LogP contribution in [0.1, 0.15) is 19.4 Å². The molecule has 0 saturated carbocycles. The Morgan fingerprint density at radius 1 is 1.15 bits per heavy atom. The molecule has 0 fully saturated rings. The van der Waals surface area contributed by atoms with Crippen molar-refractivity contribution in [3.63, 3.8) is 0 Å². The van der Waals surface area contributed by atoms with Crippen LogP contribution in [0.2, 0.25) is 0 Å². The zero-order chi connectivity index (χ0) is 18.5. The van der Waals surface area contributed by atoms with E-state index in [1.165, 1.54) is 17.0 Å². The van der Waals surface area contributed by atoms with E-state index in [2.05, 4.69) is 51.5 Å². The van der Waals surface area contributed by atoms with E-state index in [4.69, 9.17) is 5.26 Å². The van der Waals surface area contributed by atoms with Crippen molar-refractivity contribution in [2.75, 3.05) is 18.0 Å². The molecule has 0 aliphatic carbocycles. The number of anilines is 1. The highest BCUT2D eigenvalue weighted by molar-refractivity contribution is 8.03. The maximum Gasteiger partial charge on any atom is 0.231 e. The molecule has 0 unspecified atom stereocenters. The van der Waals surface area contributed by atoms with Gasteiger partial charge in [-0.3, -0.25) is 0 Å². The summed E-state index contributed by atoms with van der Waals surface area (Å²) in [4.78, 5) is 7.70. The second-order valence-electron chi connectivity index (χ2n) is 5.66. The van der Waals surface area contributed by atoms with Crippen molar-refractivity contribution < 1.29 is 0 Å². The van der Waals surface area contributed by atoms with E-state index in [0.29, 0.717) is 5.13 Å². The molecule has 1 aromatic heterocycles. The summed E-state index contributed by atoms with van der Waals surface area (Å²) in [5.41, 5.74) is 4.02. The van der Waals surface area contributed by atoms with Gasteiger partial charge in [-0.25, -0.2) is 4.98 Å². The Hall–Kier alpha value is -2.43. The number of hydrogen-bond donors (Lipinski definition) is 0. The summed E-state index contributed by atoms with van der Waals surface area (Å²) in [5.74, 6) is 0. The molecular weight excluding hydrogens is 362 g/mol. The number of azo groups is 1. The van der Waals surface area contributed by atoms with Gasteiger partial charge in [0.2, 0.25) is 5.13 Å². The fraction of sp³-hybridized carbons (Fsp3) is 0.263. The first-order valence-electron chi connectivity index (χ1n) is 8.38. The lowest BCUT2D eigenvalue weighted by Crippen LogP contribution is -2.21. The number of thiazole rings is 1. The second-order valence-corrected chi connectivity index (χ2v) is 7.53. The topological polar surface area (TPSA) is 64.6 Å². The first-order valence-corrected chi connectivity index (χ1v) is 10.0. The molecule has 0 spiro atoms. The number of nitriles is 1. The summed E-state index contributed by atoms with van der Waals surface area (Å²) >= 11 is 2.62. The molecule has 5 nitrogen and oxygen atoms in total. The van der Waals surface area contributed by atoms with Crippen LogP contribution in [0.5, 0.6) is 0 Å². The van der Waals surface area contributed by atoms with Gasteiger partial charge in [-0.15, -0.1) is 10.2 Å². The highest BCUT2D eigenvalue weighted by Crippen LogP contribution is 2.33. The van der Waals surface area contributed by atoms with Gasteiger partial charge in [-0.2, -0.15) is 5.26 Å². The molecule has 26 heavy (non-hydrogen) atoms. The number of benzene rings is 2. The number of aryl methyl sites for hydroxylation is 1. The van der Waals surface area contributed by atoms with E-state index >= 15 is 0 Å². The molecule has 3 rings (SSSR count). The van der Waals surface area contributed by atoms with Crippen molar-refractivity contribution in [2.45, 2.75) is 25.7 Å². The first kappa shape index (κ1) is 18.4. The van der Waals surface area contributed by atoms with Crippen LogP contribution >= 0.6 is 23.1 Å². The number of rotatable bonds is 6. The van der Waals surface area contributed by atoms with Crippen LogP contribution in [0.25, 0.3) is 10.2 Å². The number of fused-ring (bicyclic) bond motifs is 1. The van der Waals surface area contributed by atoms with E-state index in [0.717, 1.165) is 51.2 Å². The van der Waals surface area contributed by atoms with E-state index in [1.54, 1.807) is 0 Å². The molecule has 0 aliphatic rings. The minimum absolute atomic E-state index is 0.617. The molecule has 0 radical (unpaired) electrons. The number of thiocyanates is 1. The van der Waals surface area contributed by atoms with Crippen LogP contribution < -0.4 is 4.90 Å². The molecule has 2 aromatic carbocycles. The van der Waals surface area contributed by atoms with Crippen LogP contribution in [0, 0.1) is 17.6 Å². The van der Waals surface area contributed by atoms with Gasteiger partial charge in [0.15, 0.2) is 0 Å². The molecule has 0 N–H and O–H groups in total. The third kappa shape index (κ3) is 4.03. The van der Waals surface area contributed by atoms with Crippen molar-refractivity contribution in [2.24, 2.45) is 10.2 Å². The number of thioether (sulfide) groups is 1. The Balaban J connectivity index is 1.83. The molecule has 0 atom stereocenters. The molecule has 1 heterocycles. The maximum absolute atomic E-state index is 8.78. The van der Waals surface area contributed by atoms with E-state index in [1.807, 2.05) is 31.2 Å². The number of hydrogen-bond acceptors (Lipinski definition) is 7. The Morgan fingerprint density at radius 3 is 2.65 bits per heavy atom. The van der Waals surface area contributed by atoms with Crippen LogP contribution in [0.15, 0.2) is 51.5 Å². The highest BCUT2D eigenvalue weighted by Gasteiger charge is 2.07. The van der Waals surface area contributed by atoms with E-state index < -0.39 is 0 Å². The molecule has 0 bridgehead atoms. The molecule has 3 aromatic rings. The van der Waals surface area contributed by atoms with Gasteiger partial charge in [0.05, 0.1) is 15.9 Å². The average Bonchev–Trinajstić information content (AvgIpc) is 3.04. The number of aromatic nitrogens is 1. The van der Waals surface area contributed by atoms with Gasteiger partial charge in [-0.05, 0) is 74.5 Å². The Labute approximate surface area is 161 Å². The summed E-state index contributed by atoms with van der Waals surface area (Å²) in [6.45, 7) is 8.31. The van der Waals surface area contributed by atoms with Gasteiger partial charge < -0.3 is 4.90 Å². The molecule has 132 valence electrons. The molecular formula is C19H19N5S2. The van der Waals surface area contributed by atoms with Crippen molar-refractivity contribution in [3.05, 3.63) is 42.0 Å². The minimum atomic E-state index is 0.617. The van der Waals surface area contributed by atoms with E-state index in [9.17, 15) is 0 Å². The Morgan fingerprint density at radius 2 is 1.96 bits per heavy atom. The monoisotopic (exact) mass is 381 g/mol. The Kier molecular flexibility index (Phi) is 5.86. The molecule has 0 aliphatic heterocycles. The summed E-state index contributed by atoms with van der Waals surface area (Å²) in [7, 11) is 0. The standard InChI is InChI=1S/C19H19N5S2/c1-4-24(5-2)14-6-8-16(13(3)10-14)22-23-19-21-17-9-7-15(25-12-20)11-18(17)26-19/h6-11H,4-5H2,1-3H3. The highest BCUT2D eigenvalue weighted by atomic mass is 32.2. The summed E-state index contributed by atoms with van der Waals surface area (Å²) in [5, 5.41) is 20.2. The summed E-state index contributed by atoms with van der Waals surface area (Å²) < 4.78 is 1.01. The van der Waals surface area contributed by atoms with E-state index in [-0.39, 0.29) is 0 Å². The largest absolute Gasteiger partial charge is 0.372 e. The predicted molar refractivity (Wildman–Crippen MR) is 110 cm³/mol. The zero-order valence-corrected chi connectivity index (χ0v) is 16.6. The quantitative estimate of drug-likeness (QED) is 0.280. The average molecular weight is 382 g/mol. The second kappa shape index (κ2) is 8.30. The van der Waals surface area contributed by atoms with Crippen LogP contribution in [0.3, 0.4) is 0 Å². The minimum Gasteiger partial charge on any atom is -0.372 e. The fourth-order valence-electron chi connectivity index (χ4n) is 2.69. The summed E-state index contributed by atoms with van der Waals surface area (Å²) in [6, 6.07) is 12.0. The third-order valence-corrected chi connectivity index (χ3v) is 5.55. The van der Waals surface area contributed by atoms with Crippen molar-refractivity contribution in [1.82, 2.24) is 4.98 Å². The van der Waals surface area contributed by atoms with Crippen molar-refractivity contribution in [3.8, 4) is 5.40 Å². The third-order valence-electron chi connectivity index (χ3n) is 4.06. The fourth-order valence-corrected chi connectivity index (χ4v) is 4.01. The lowest BCUT2D eigenvalue weighted by atomic mass is 10.1. The summed E-state index contributed by atoms with van der Waals surface area (Å²) in [6.07, 6.45) is 0. The van der Waals surface area contributed by atoms with Crippen LogP contribution in [-0.2, 0) is 0 Å². The predicted octanol–water partition coefficient (Wildman–Crippen LogP) is 6.44. The zero-order valence-electron chi connectivity index (χ0n) is 14.9. The Bertz CT molecular complexity index is 983. The van der Waals surface area contributed by atoms with Gasteiger partial charge in [0.1, 0.15) is 5.40 Å². The van der Waals surface area contributed by atoms with Crippen molar-refractivity contribution in [1.29, 1.82) is 5.26 Å². The molecule has 0 amide bonds. The van der Waals surface area contributed by atoms with Crippen LogP contribution in [0.4, 0.5) is 16.5 Å². The molecule has 7 heteroatoms. The van der Waals surface area contributed by atoms with Gasteiger partial charge in [-0.1, -0.05) is 11.3 Å². The lowest BCUT2D eigenvalue weighted by molar-refractivity contribution is 0.865. The normalized spacial score (nSPS) is 11.2. The van der Waals surface area contributed by atoms with Gasteiger partial charge in [0.25, 0.3) is 0 Å². The first-order chi connectivity index (χ1) is 12.6. The van der Waals surface area contributed by atoms with Gasteiger partial charge in [0, 0.05) is 23.7 Å². The smallest absolute Gasteiger partial charge is 0.231 e. The number of nitrogens with zero attached hydrogens (tertiary/aromatic N) is 5. The maximum atomic E-state index is 8.78. The van der Waals surface area contributed by atoms with Crippen molar-refractivity contribution >= 4 is 49.8 Å². The van der Waals surface area contributed by atoms with Gasteiger partial charge >= 0.3 is 0 Å². The SMILES string of the molecule is CCN(CC)c1ccc(N=Nc2nc3ccc(SC#N)cc3s2)c(C)c1. The molecule has 0 saturated heterocycles. The van der Waals surface area contributed by atoms with Crippen LogP contribution in [-0.4, -0.2) is 18.1 Å².